The van der Waals surface area contributed by atoms with E-state index in [-0.39, 0.29) is 5.76 Å². The lowest BCUT2D eigenvalue weighted by Gasteiger charge is -2.18. The van der Waals surface area contributed by atoms with Gasteiger partial charge in [-0.2, -0.15) is 0 Å². The Morgan fingerprint density at radius 2 is 2.11 bits per heavy atom. The molecule has 0 radical (unpaired) electrons. The van der Waals surface area contributed by atoms with Crippen LogP contribution in [0.2, 0.25) is 0 Å². The molecule has 2 rings (SSSR count). The van der Waals surface area contributed by atoms with Crippen molar-refractivity contribution in [1.82, 2.24) is 0 Å². The predicted octanol–water partition coefficient (Wildman–Crippen LogP) is 3.02. The van der Waals surface area contributed by atoms with E-state index in [2.05, 4.69) is 12.1 Å². The molecule has 1 aliphatic rings. The molecule has 3 nitrogen and oxygen atoms in total. The number of hydrogen-bond donors (Lipinski definition) is 1. The van der Waals surface area contributed by atoms with E-state index >= 15 is 0 Å². The third-order valence-corrected chi connectivity index (χ3v) is 3.12. The van der Waals surface area contributed by atoms with Gasteiger partial charge in [0.1, 0.15) is 0 Å². The van der Waals surface area contributed by atoms with Gasteiger partial charge in [0.2, 0.25) is 5.76 Å². The molecule has 0 spiro atoms. The SMILES string of the molecule is COC(=CC=C1CCCc2ccccc21)C(=O)O. The summed E-state index contributed by atoms with van der Waals surface area (Å²) in [5.41, 5.74) is 3.73. The van der Waals surface area contributed by atoms with Crippen LogP contribution in [0.4, 0.5) is 0 Å². The van der Waals surface area contributed by atoms with Crippen LogP contribution in [0.15, 0.2) is 42.2 Å². The topological polar surface area (TPSA) is 46.5 Å². The van der Waals surface area contributed by atoms with Crippen LogP contribution in [0.1, 0.15) is 24.0 Å². The Bertz CT molecular complexity index is 512. The summed E-state index contributed by atoms with van der Waals surface area (Å²) >= 11 is 0. The molecule has 0 aliphatic heterocycles. The number of carbonyl (C=O) groups is 1. The zero-order valence-electron chi connectivity index (χ0n) is 10.3. The van der Waals surface area contributed by atoms with E-state index in [1.54, 1.807) is 0 Å². The van der Waals surface area contributed by atoms with Crippen molar-refractivity contribution in [2.45, 2.75) is 19.3 Å². The molecule has 1 N–H and O–H groups in total. The molecular formula is C15H16O3. The summed E-state index contributed by atoms with van der Waals surface area (Å²) in [7, 11) is 1.37. The summed E-state index contributed by atoms with van der Waals surface area (Å²) in [4.78, 5) is 10.8. The van der Waals surface area contributed by atoms with Crippen molar-refractivity contribution < 1.29 is 14.6 Å². The number of carboxylic acids is 1. The van der Waals surface area contributed by atoms with Gasteiger partial charge in [-0.3, -0.25) is 0 Å². The number of carboxylic acid groups (broad SMARTS) is 1. The lowest BCUT2D eigenvalue weighted by atomic mass is 9.87. The van der Waals surface area contributed by atoms with E-state index in [1.165, 1.54) is 29.9 Å². The Labute approximate surface area is 106 Å². The van der Waals surface area contributed by atoms with Crippen molar-refractivity contribution in [3.8, 4) is 0 Å². The third-order valence-electron chi connectivity index (χ3n) is 3.12. The van der Waals surface area contributed by atoms with Crippen molar-refractivity contribution in [1.29, 1.82) is 0 Å². The molecule has 0 heterocycles. The van der Waals surface area contributed by atoms with E-state index in [0.717, 1.165) is 19.3 Å². The van der Waals surface area contributed by atoms with Gasteiger partial charge >= 0.3 is 5.97 Å². The van der Waals surface area contributed by atoms with Crippen molar-refractivity contribution in [2.24, 2.45) is 0 Å². The Hall–Kier alpha value is -2.03. The van der Waals surface area contributed by atoms with Crippen molar-refractivity contribution in [3.63, 3.8) is 0 Å². The summed E-state index contributed by atoms with van der Waals surface area (Å²) in [6, 6.07) is 8.26. The molecule has 94 valence electrons. The van der Waals surface area contributed by atoms with Crippen LogP contribution < -0.4 is 0 Å². The highest BCUT2D eigenvalue weighted by Crippen LogP contribution is 2.30. The lowest BCUT2D eigenvalue weighted by Crippen LogP contribution is -2.03. The first-order valence-electron chi connectivity index (χ1n) is 5.99. The number of allylic oxidation sites excluding steroid dienone is 3. The van der Waals surface area contributed by atoms with E-state index in [9.17, 15) is 4.79 Å². The van der Waals surface area contributed by atoms with E-state index in [0.29, 0.717) is 0 Å². The van der Waals surface area contributed by atoms with Crippen molar-refractivity contribution in [3.05, 3.63) is 53.3 Å². The summed E-state index contributed by atoms with van der Waals surface area (Å²) in [6.07, 6.45) is 6.55. The molecule has 1 aromatic carbocycles. The second-order valence-electron chi connectivity index (χ2n) is 4.24. The molecule has 0 atom stereocenters. The summed E-state index contributed by atoms with van der Waals surface area (Å²) in [5, 5.41) is 8.88. The highest BCUT2D eigenvalue weighted by molar-refractivity contribution is 5.85. The third kappa shape index (κ3) is 2.62. The van der Waals surface area contributed by atoms with Crippen LogP contribution in [-0.4, -0.2) is 18.2 Å². The lowest BCUT2D eigenvalue weighted by molar-refractivity contribution is -0.136. The zero-order valence-corrected chi connectivity index (χ0v) is 10.3. The highest BCUT2D eigenvalue weighted by atomic mass is 16.5. The molecule has 1 aliphatic carbocycles. The quantitative estimate of drug-likeness (QED) is 0.656. The van der Waals surface area contributed by atoms with Gasteiger partial charge < -0.3 is 9.84 Å². The fraction of sp³-hybridized carbons (Fsp3) is 0.267. The molecule has 0 fully saturated rings. The number of rotatable bonds is 3. The maximum atomic E-state index is 10.8. The maximum absolute atomic E-state index is 10.8. The van der Waals surface area contributed by atoms with Crippen LogP contribution in [0, 0.1) is 0 Å². The maximum Gasteiger partial charge on any atom is 0.371 e. The Morgan fingerprint density at radius 3 is 2.83 bits per heavy atom. The first kappa shape index (κ1) is 12.4. The first-order valence-corrected chi connectivity index (χ1v) is 5.99. The predicted molar refractivity (Wildman–Crippen MR) is 70.1 cm³/mol. The minimum atomic E-state index is -1.04. The van der Waals surface area contributed by atoms with Crippen molar-refractivity contribution >= 4 is 11.5 Å². The van der Waals surface area contributed by atoms with Crippen LogP contribution in [0.5, 0.6) is 0 Å². The van der Waals surface area contributed by atoms with Gasteiger partial charge in [-0.05, 0) is 42.0 Å². The van der Waals surface area contributed by atoms with Crippen LogP contribution in [-0.2, 0) is 16.0 Å². The van der Waals surface area contributed by atoms with Gasteiger partial charge in [-0.25, -0.2) is 4.79 Å². The Morgan fingerprint density at radius 1 is 1.33 bits per heavy atom. The smallest absolute Gasteiger partial charge is 0.371 e. The summed E-state index contributed by atoms with van der Waals surface area (Å²) < 4.78 is 4.81. The standard InChI is InChI=1S/C15H16O3/c1-18-14(15(16)17)10-9-12-7-4-6-11-5-2-3-8-13(11)12/h2-3,5,8-10H,4,6-7H2,1H3,(H,16,17). The Balaban J connectivity index is 2.33. The molecule has 1 aromatic rings. The van der Waals surface area contributed by atoms with Gasteiger partial charge in [-0.1, -0.05) is 30.3 Å². The number of ether oxygens (including phenoxy) is 1. The van der Waals surface area contributed by atoms with Gasteiger partial charge in [0.25, 0.3) is 0 Å². The average molecular weight is 244 g/mol. The second kappa shape index (κ2) is 5.54. The molecule has 0 unspecified atom stereocenters. The summed E-state index contributed by atoms with van der Waals surface area (Å²) in [5.74, 6) is -1.08. The molecule has 18 heavy (non-hydrogen) atoms. The molecule has 0 saturated heterocycles. The first-order chi connectivity index (χ1) is 8.72. The minimum Gasteiger partial charge on any atom is -0.490 e. The molecule has 0 amide bonds. The number of fused-ring (bicyclic) bond motifs is 1. The zero-order chi connectivity index (χ0) is 13.0. The fourth-order valence-corrected chi connectivity index (χ4v) is 2.23. The number of methoxy groups -OCH3 is 1. The summed E-state index contributed by atoms with van der Waals surface area (Å²) in [6.45, 7) is 0. The van der Waals surface area contributed by atoms with Crippen LogP contribution in [0.3, 0.4) is 0 Å². The normalized spacial score (nSPS) is 17.4. The van der Waals surface area contributed by atoms with Crippen LogP contribution in [0.25, 0.3) is 5.57 Å². The average Bonchev–Trinajstić information content (AvgIpc) is 2.39. The number of aryl methyl sites for hydroxylation is 1. The largest absolute Gasteiger partial charge is 0.490 e. The molecule has 0 bridgehead atoms. The second-order valence-corrected chi connectivity index (χ2v) is 4.24. The molecular weight excluding hydrogens is 228 g/mol. The number of benzene rings is 1. The highest BCUT2D eigenvalue weighted by Gasteiger charge is 2.13. The van der Waals surface area contributed by atoms with Gasteiger partial charge in [0.05, 0.1) is 7.11 Å². The van der Waals surface area contributed by atoms with E-state index < -0.39 is 5.97 Å². The van der Waals surface area contributed by atoms with Crippen molar-refractivity contribution in [2.75, 3.05) is 7.11 Å². The van der Waals surface area contributed by atoms with E-state index in [4.69, 9.17) is 9.84 Å². The number of hydrogen-bond acceptors (Lipinski definition) is 2. The molecule has 3 heteroatoms. The van der Waals surface area contributed by atoms with Gasteiger partial charge in [0.15, 0.2) is 0 Å². The molecule has 0 saturated carbocycles. The fourth-order valence-electron chi connectivity index (χ4n) is 2.23. The van der Waals surface area contributed by atoms with Crippen LogP contribution >= 0.6 is 0 Å². The van der Waals surface area contributed by atoms with Gasteiger partial charge in [0, 0.05) is 0 Å². The minimum absolute atomic E-state index is 0.0365. The Kier molecular flexibility index (Phi) is 3.82. The van der Waals surface area contributed by atoms with E-state index in [1.807, 2.05) is 18.2 Å². The molecule has 0 aromatic heterocycles. The monoisotopic (exact) mass is 244 g/mol. The number of aliphatic carboxylic acids is 1. The van der Waals surface area contributed by atoms with Gasteiger partial charge in [-0.15, -0.1) is 0 Å².